The van der Waals surface area contributed by atoms with Gasteiger partial charge in [0, 0.05) is 38.0 Å². The van der Waals surface area contributed by atoms with Crippen molar-refractivity contribution in [3.05, 3.63) is 53.0 Å². The lowest BCUT2D eigenvalue weighted by Gasteiger charge is -2.27. The van der Waals surface area contributed by atoms with E-state index in [9.17, 15) is 27.9 Å². The largest absolute Gasteiger partial charge is 0.480 e. The average molecular weight is 578 g/mol. The lowest BCUT2D eigenvalue weighted by molar-refractivity contribution is -0.142. The smallest absolute Gasteiger partial charge is 0.326 e. The number of hydrogen-bond donors (Lipinski definition) is 3. The molecule has 224 valence electrons. The van der Waals surface area contributed by atoms with Crippen LogP contribution < -0.4 is 10.6 Å². The molecule has 2 atom stereocenters. The van der Waals surface area contributed by atoms with Crippen molar-refractivity contribution in [2.75, 3.05) is 45.3 Å². The zero-order valence-electron chi connectivity index (χ0n) is 23.3. The molecule has 0 saturated heterocycles. The Morgan fingerprint density at radius 1 is 1.24 bits per heavy atom. The van der Waals surface area contributed by atoms with Gasteiger partial charge in [-0.05, 0) is 75.6 Å². The molecular weight excluding hydrogens is 539 g/mol. The highest BCUT2D eigenvalue weighted by Crippen LogP contribution is 2.49. The number of hydrogen-bond acceptors (Lipinski definition) is 7. The number of aryl methyl sites for hydroxylation is 2. The van der Waals surface area contributed by atoms with Gasteiger partial charge in [0.25, 0.3) is 0 Å². The molecule has 1 saturated carbocycles. The molecule has 2 aromatic heterocycles. The quantitative estimate of drug-likeness (QED) is 0.205. The highest BCUT2D eigenvalue weighted by molar-refractivity contribution is 5.94. The number of carboxylic acids is 1. The Labute approximate surface area is 237 Å². The second-order valence-corrected chi connectivity index (χ2v) is 10.8. The van der Waals surface area contributed by atoms with Crippen LogP contribution in [0.5, 0.6) is 0 Å². The zero-order chi connectivity index (χ0) is 29.4. The van der Waals surface area contributed by atoms with Gasteiger partial charge < -0.3 is 25.4 Å². The van der Waals surface area contributed by atoms with Crippen LogP contribution in [0, 0.1) is 11.8 Å². The van der Waals surface area contributed by atoms with E-state index in [1.54, 1.807) is 0 Å². The molecule has 1 aliphatic heterocycles. The number of unbranched alkanes of at least 4 members (excludes halogenated alkanes) is 1. The number of carbonyl (C=O) groups is 2. The Hall–Kier alpha value is -3.25. The van der Waals surface area contributed by atoms with Gasteiger partial charge in [-0.15, -0.1) is 0 Å². The number of carbonyl (C=O) groups excluding carboxylic acids is 1. The summed E-state index contributed by atoms with van der Waals surface area (Å²) in [7, 11) is 1.42. The van der Waals surface area contributed by atoms with Crippen molar-refractivity contribution in [3.8, 4) is 0 Å². The normalized spacial score (nSPS) is 16.9. The van der Waals surface area contributed by atoms with Crippen LogP contribution in [0.4, 0.5) is 19.0 Å². The SMILES string of the molecule is COC(CF)CN(CCCCc1ccc2c(n1)NCCC2)CCC(NC(=O)C1(c2cc(F)cnc2F)CC1)C(=O)O. The van der Waals surface area contributed by atoms with Crippen LogP contribution >= 0.6 is 0 Å². The number of alkyl halides is 1. The molecule has 2 aromatic rings. The first-order valence-corrected chi connectivity index (χ1v) is 14.1. The number of fused-ring (bicyclic) bond motifs is 1. The fraction of sp³-hybridized carbons (Fsp3) is 0.586. The highest BCUT2D eigenvalue weighted by atomic mass is 19.1. The molecule has 1 amide bonds. The minimum atomic E-state index is -1.33. The highest BCUT2D eigenvalue weighted by Gasteiger charge is 2.54. The van der Waals surface area contributed by atoms with E-state index in [0.717, 1.165) is 62.4 Å². The van der Waals surface area contributed by atoms with Gasteiger partial charge in [-0.25, -0.2) is 23.5 Å². The Balaban J connectivity index is 1.33. The van der Waals surface area contributed by atoms with Crippen LogP contribution in [0.3, 0.4) is 0 Å². The van der Waals surface area contributed by atoms with Crippen molar-refractivity contribution < 1.29 is 32.6 Å². The van der Waals surface area contributed by atoms with E-state index in [1.165, 1.54) is 12.7 Å². The Kier molecular flexibility index (Phi) is 10.5. The summed E-state index contributed by atoms with van der Waals surface area (Å²) in [5, 5.41) is 15.7. The summed E-state index contributed by atoms with van der Waals surface area (Å²) >= 11 is 0. The second kappa shape index (κ2) is 14.1. The lowest BCUT2D eigenvalue weighted by atomic mass is 9.95. The van der Waals surface area contributed by atoms with Gasteiger partial charge in [0.1, 0.15) is 24.4 Å². The van der Waals surface area contributed by atoms with Crippen molar-refractivity contribution in [2.45, 2.75) is 68.9 Å². The molecule has 9 nitrogen and oxygen atoms in total. The minimum absolute atomic E-state index is 0.0435. The third-order valence-corrected chi connectivity index (χ3v) is 7.92. The zero-order valence-corrected chi connectivity index (χ0v) is 23.3. The maximum Gasteiger partial charge on any atom is 0.326 e. The minimum Gasteiger partial charge on any atom is -0.480 e. The summed E-state index contributed by atoms with van der Waals surface area (Å²) in [5.74, 6) is -2.69. The number of rotatable bonds is 16. The molecule has 3 N–H and O–H groups in total. The molecule has 2 unspecified atom stereocenters. The molecular formula is C29H38F3N5O4. The Bertz CT molecular complexity index is 1210. The van der Waals surface area contributed by atoms with E-state index in [-0.39, 0.29) is 37.9 Å². The summed E-state index contributed by atoms with van der Waals surface area (Å²) in [4.78, 5) is 35.1. The maximum atomic E-state index is 14.3. The third-order valence-electron chi connectivity index (χ3n) is 7.92. The number of aromatic nitrogens is 2. The van der Waals surface area contributed by atoms with Gasteiger partial charge >= 0.3 is 5.97 Å². The first-order chi connectivity index (χ1) is 19.8. The summed E-state index contributed by atoms with van der Waals surface area (Å²) < 4.78 is 46.7. The van der Waals surface area contributed by atoms with Crippen LogP contribution in [-0.4, -0.2) is 84.0 Å². The van der Waals surface area contributed by atoms with E-state index in [4.69, 9.17) is 9.72 Å². The summed E-state index contributed by atoms with van der Waals surface area (Å²) in [5.41, 5.74) is 0.724. The molecule has 0 bridgehead atoms. The molecule has 12 heteroatoms. The summed E-state index contributed by atoms with van der Waals surface area (Å²) in [6, 6.07) is 3.84. The number of halogens is 3. The number of carboxylic acid groups (broad SMARTS) is 1. The fourth-order valence-electron chi connectivity index (χ4n) is 5.29. The number of ether oxygens (including phenoxy) is 1. The van der Waals surface area contributed by atoms with Crippen molar-refractivity contribution in [2.24, 2.45) is 0 Å². The molecule has 4 rings (SSSR count). The van der Waals surface area contributed by atoms with Gasteiger partial charge in [-0.1, -0.05) is 6.07 Å². The number of anilines is 1. The van der Waals surface area contributed by atoms with Gasteiger partial charge in [0.05, 0.1) is 17.7 Å². The third kappa shape index (κ3) is 7.94. The summed E-state index contributed by atoms with van der Waals surface area (Å²) in [6.45, 7) is 1.34. The molecule has 0 aromatic carbocycles. The van der Waals surface area contributed by atoms with Crippen molar-refractivity contribution in [1.29, 1.82) is 0 Å². The van der Waals surface area contributed by atoms with Crippen molar-refractivity contribution in [1.82, 2.24) is 20.2 Å². The Morgan fingerprint density at radius 2 is 2.05 bits per heavy atom. The van der Waals surface area contributed by atoms with Crippen LogP contribution in [-0.2, 0) is 32.6 Å². The maximum absolute atomic E-state index is 14.3. The van der Waals surface area contributed by atoms with Crippen LogP contribution in [0.15, 0.2) is 24.4 Å². The summed E-state index contributed by atoms with van der Waals surface area (Å²) in [6.07, 6.45) is 5.15. The predicted molar refractivity (Wildman–Crippen MR) is 146 cm³/mol. The fourth-order valence-corrected chi connectivity index (χ4v) is 5.29. The topological polar surface area (TPSA) is 117 Å². The van der Waals surface area contributed by atoms with Crippen LogP contribution in [0.1, 0.15) is 55.3 Å². The van der Waals surface area contributed by atoms with Gasteiger partial charge in [0.2, 0.25) is 11.9 Å². The molecule has 0 spiro atoms. The second-order valence-electron chi connectivity index (χ2n) is 10.8. The number of nitrogens with zero attached hydrogens (tertiary/aromatic N) is 3. The van der Waals surface area contributed by atoms with Crippen molar-refractivity contribution in [3.63, 3.8) is 0 Å². The first-order valence-electron chi connectivity index (χ1n) is 14.1. The molecule has 1 aliphatic carbocycles. The predicted octanol–water partition coefficient (Wildman–Crippen LogP) is 3.41. The number of amides is 1. The number of aliphatic carboxylic acids is 1. The van der Waals surface area contributed by atoms with E-state index >= 15 is 0 Å². The standard InChI is InChI=1S/C29H38F3N5O4/c1-41-22(16-30)18-37(13-3-2-6-21-8-7-19-5-4-12-33-26(19)35-21)14-9-24(27(38)39)36-28(40)29(10-11-29)23-15-20(31)17-34-25(23)32/h7-8,15,17,22,24H,2-6,9-14,16,18H2,1H3,(H,33,35)(H,36,40)(H,38,39). The van der Waals surface area contributed by atoms with Gasteiger partial charge in [-0.3, -0.25) is 4.79 Å². The van der Waals surface area contributed by atoms with Crippen LogP contribution in [0.2, 0.25) is 0 Å². The number of pyridine rings is 2. The Morgan fingerprint density at radius 3 is 2.76 bits per heavy atom. The lowest BCUT2D eigenvalue weighted by Crippen LogP contribution is -2.48. The number of methoxy groups -OCH3 is 1. The molecule has 41 heavy (non-hydrogen) atoms. The molecule has 1 fully saturated rings. The average Bonchev–Trinajstić information content (AvgIpc) is 3.78. The van der Waals surface area contributed by atoms with Gasteiger partial charge in [0.15, 0.2) is 0 Å². The van der Waals surface area contributed by atoms with Crippen LogP contribution in [0.25, 0.3) is 0 Å². The molecule has 2 aliphatic rings. The van der Waals surface area contributed by atoms with E-state index in [2.05, 4.69) is 21.7 Å². The van der Waals surface area contributed by atoms with E-state index in [0.29, 0.717) is 6.54 Å². The monoisotopic (exact) mass is 577 g/mol. The van der Waals surface area contributed by atoms with E-state index in [1.807, 2.05) is 11.0 Å². The first kappa shape index (κ1) is 30.7. The molecule has 3 heterocycles. The van der Waals surface area contributed by atoms with E-state index < -0.39 is 47.9 Å². The number of nitrogens with one attached hydrogen (secondary N) is 2. The molecule has 0 radical (unpaired) electrons. The van der Waals surface area contributed by atoms with Crippen molar-refractivity contribution >= 4 is 17.7 Å². The van der Waals surface area contributed by atoms with Gasteiger partial charge in [-0.2, -0.15) is 4.39 Å².